The smallest absolute Gasteiger partial charge is 0.265 e. The Hall–Kier alpha value is -3.39. The zero-order valence-corrected chi connectivity index (χ0v) is 18.9. The first-order chi connectivity index (χ1) is 15.4. The molecule has 0 saturated carbocycles. The molecule has 3 heterocycles. The van der Waals surface area contributed by atoms with Crippen LogP contribution in [0.4, 0.5) is 5.69 Å². The lowest BCUT2D eigenvalue weighted by atomic mass is 10.1. The monoisotopic (exact) mass is 445 g/mol. The summed E-state index contributed by atoms with van der Waals surface area (Å²) in [5.41, 5.74) is 5.29. The van der Waals surface area contributed by atoms with Crippen molar-refractivity contribution in [3.8, 4) is 5.69 Å². The van der Waals surface area contributed by atoms with Crippen LogP contribution in [0.5, 0.6) is 0 Å². The number of hydrogen-bond acceptors (Lipinski definition) is 5. The number of hydrogen-bond donors (Lipinski definition) is 1. The van der Waals surface area contributed by atoms with Crippen LogP contribution >= 0.6 is 11.8 Å². The normalized spacial score (nSPS) is 15.2. The van der Waals surface area contributed by atoms with Crippen molar-refractivity contribution in [1.29, 1.82) is 0 Å². The fourth-order valence-corrected chi connectivity index (χ4v) is 5.07. The molecule has 0 aliphatic carbocycles. The van der Waals surface area contributed by atoms with E-state index in [4.69, 9.17) is 4.98 Å². The number of thioether (sulfide) groups is 1. The summed E-state index contributed by atoms with van der Waals surface area (Å²) in [6.45, 7) is 5.98. The van der Waals surface area contributed by atoms with Crippen LogP contribution < -0.4 is 10.9 Å². The Morgan fingerprint density at radius 3 is 2.66 bits per heavy atom. The minimum absolute atomic E-state index is 0.112. The lowest BCUT2D eigenvalue weighted by Crippen LogP contribution is -2.27. The summed E-state index contributed by atoms with van der Waals surface area (Å²) in [4.78, 5) is 30.8. The molecule has 7 nitrogen and oxygen atoms in total. The van der Waals surface area contributed by atoms with Gasteiger partial charge in [-0.15, -0.1) is 0 Å². The Morgan fingerprint density at radius 1 is 1.12 bits per heavy atom. The number of aryl methyl sites for hydroxylation is 3. The number of anilines is 1. The first-order valence-electron chi connectivity index (χ1n) is 10.5. The van der Waals surface area contributed by atoms with Gasteiger partial charge in [0.2, 0.25) is 5.91 Å². The molecule has 0 spiro atoms. The molecule has 0 saturated heterocycles. The van der Waals surface area contributed by atoms with Gasteiger partial charge in [-0.1, -0.05) is 41.6 Å². The highest BCUT2D eigenvalue weighted by Crippen LogP contribution is 2.33. The van der Waals surface area contributed by atoms with E-state index in [0.717, 1.165) is 28.1 Å². The van der Waals surface area contributed by atoms with Gasteiger partial charge in [0.1, 0.15) is 5.39 Å². The summed E-state index contributed by atoms with van der Waals surface area (Å²) in [6.07, 6.45) is 1.78. The summed E-state index contributed by atoms with van der Waals surface area (Å²) in [6, 6.07) is 13.6. The molecule has 1 amide bonds. The van der Waals surface area contributed by atoms with Crippen LogP contribution in [0, 0.1) is 20.8 Å². The molecule has 162 valence electrons. The molecule has 2 aromatic heterocycles. The van der Waals surface area contributed by atoms with E-state index in [2.05, 4.69) is 10.4 Å². The van der Waals surface area contributed by atoms with Gasteiger partial charge in [-0.3, -0.25) is 14.2 Å². The molecule has 0 fully saturated rings. The second-order valence-corrected chi connectivity index (χ2v) is 9.22. The Balaban J connectivity index is 1.44. The van der Waals surface area contributed by atoms with E-state index in [1.807, 2.05) is 63.2 Å². The van der Waals surface area contributed by atoms with Crippen LogP contribution in [0.3, 0.4) is 0 Å². The average Bonchev–Trinajstić information content (AvgIpc) is 3.36. The highest BCUT2D eigenvalue weighted by atomic mass is 32.2. The number of fused-ring (bicyclic) bond motifs is 2. The third-order valence-electron chi connectivity index (χ3n) is 5.74. The van der Waals surface area contributed by atoms with E-state index in [9.17, 15) is 9.59 Å². The van der Waals surface area contributed by atoms with E-state index < -0.39 is 0 Å². The molecule has 1 N–H and O–H groups in total. The lowest BCUT2D eigenvalue weighted by Gasteiger charge is -2.14. The number of carbonyl (C=O) groups is 1. The van der Waals surface area contributed by atoms with Crippen molar-refractivity contribution in [1.82, 2.24) is 19.3 Å². The topological polar surface area (TPSA) is 81.8 Å². The number of amides is 1. The van der Waals surface area contributed by atoms with Gasteiger partial charge in [0.25, 0.3) is 5.56 Å². The minimum Gasteiger partial charge on any atom is -0.326 e. The number of nitrogens with one attached hydrogen (secondary N) is 1. The Labute approximate surface area is 189 Å². The van der Waals surface area contributed by atoms with E-state index in [-0.39, 0.29) is 23.9 Å². The molecule has 1 unspecified atom stereocenters. The predicted octanol–water partition coefficient (Wildman–Crippen LogP) is 4.18. The predicted molar refractivity (Wildman–Crippen MR) is 127 cm³/mol. The van der Waals surface area contributed by atoms with Crippen molar-refractivity contribution in [3.63, 3.8) is 0 Å². The molecular formula is C24H23N5O2S. The molecule has 4 aromatic rings. The standard InChI is InChI=1S/C24H23N5O2S/c1-14-5-8-17(9-6-14)29-22-19(12-25-29)23(31)28-18(13-32-24(28)27-22)11-21(30)26-20-10-15(2)4-7-16(20)3/h4-10,12,18H,11,13H2,1-3H3,(H,26,30). The Bertz CT molecular complexity index is 1400. The van der Waals surface area contributed by atoms with Gasteiger partial charge in [0, 0.05) is 17.9 Å². The van der Waals surface area contributed by atoms with Crippen LogP contribution in [0.15, 0.2) is 58.6 Å². The molecule has 5 rings (SSSR count). The van der Waals surface area contributed by atoms with E-state index in [1.165, 1.54) is 11.8 Å². The van der Waals surface area contributed by atoms with Crippen molar-refractivity contribution in [3.05, 3.63) is 75.7 Å². The van der Waals surface area contributed by atoms with Crippen LogP contribution in [0.1, 0.15) is 29.2 Å². The molecule has 1 aliphatic rings. The van der Waals surface area contributed by atoms with Gasteiger partial charge in [-0.25, -0.2) is 9.67 Å². The second-order valence-electron chi connectivity index (χ2n) is 8.23. The van der Waals surface area contributed by atoms with Gasteiger partial charge in [0.15, 0.2) is 10.8 Å². The first-order valence-corrected chi connectivity index (χ1v) is 11.5. The lowest BCUT2D eigenvalue weighted by molar-refractivity contribution is -0.116. The summed E-state index contributed by atoms with van der Waals surface area (Å²) in [5.74, 6) is 0.520. The second kappa shape index (κ2) is 7.94. The van der Waals surface area contributed by atoms with E-state index in [1.54, 1.807) is 15.4 Å². The summed E-state index contributed by atoms with van der Waals surface area (Å²) >= 11 is 1.50. The van der Waals surface area contributed by atoms with Crippen molar-refractivity contribution in [2.24, 2.45) is 0 Å². The summed E-state index contributed by atoms with van der Waals surface area (Å²) in [5, 5.41) is 8.48. The first kappa shape index (κ1) is 20.5. The van der Waals surface area contributed by atoms with Crippen LogP contribution in [-0.4, -0.2) is 31.0 Å². The maximum Gasteiger partial charge on any atom is 0.265 e. The number of aromatic nitrogens is 4. The molecule has 8 heteroatoms. The van der Waals surface area contributed by atoms with Crippen molar-refractivity contribution >= 4 is 34.4 Å². The fourth-order valence-electron chi connectivity index (χ4n) is 3.94. The quantitative estimate of drug-likeness (QED) is 0.477. The molecule has 1 atom stereocenters. The van der Waals surface area contributed by atoms with Gasteiger partial charge in [0.05, 0.1) is 17.9 Å². The SMILES string of the molecule is Cc1ccc(-n2ncc3c(=O)n4c(nc32)SCC4CC(=O)Nc2cc(C)ccc2C)cc1. The number of benzene rings is 2. The van der Waals surface area contributed by atoms with Gasteiger partial charge in [-0.2, -0.15) is 5.10 Å². The third-order valence-corrected chi connectivity index (χ3v) is 6.83. The summed E-state index contributed by atoms with van der Waals surface area (Å²) < 4.78 is 3.34. The highest BCUT2D eigenvalue weighted by molar-refractivity contribution is 7.99. The molecular weight excluding hydrogens is 422 g/mol. The van der Waals surface area contributed by atoms with E-state index >= 15 is 0 Å². The number of rotatable bonds is 4. The average molecular weight is 446 g/mol. The van der Waals surface area contributed by atoms with Crippen LogP contribution in [0.2, 0.25) is 0 Å². The molecule has 1 aliphatic heterocycles. The molecule has 0 radical (unpaired) electrons. The van der Waals surface area contributed by atoms with Gasteiger partial charge < -0.3 is 5.32 Å². The molecule has 2 aromatic carbocycles. The Kier molecular flexibility index (Phi) is 5.09. The minimum atomic E-state index is -0.243. The van der Waals surface area contributed by atoms with Crippen LogP contribution in [0.25, 0.3) is 16.7 Å². The maximum atomic E-state index is 13.3. The zero-order valence-electron chi connectivity index (χ0n) is 18.1. The third kappa shape index (κ3) is 3.60. The largest absolute Gasteiger partial charge is 0.326 e. The van der Waals surface area contributed by atoms with Gasteiger partial charge >= 0.3 is 0 Å². The number of carbonyl (C=O) groups excluding carboxylic acids is 1. The molecule has 0 bridgehead atoms. The van der Waals surface area contributed by atoms with Crippen molar-refractivity contribution in [2.45, 2.75) is 38.4 Å². The molecule has 32 heavy (non-hydrogen) atoms. The van der Waals surface area contributed by atoms with Crippen LogP contribution in [-0.2, 0) is 4.79 Å². The van der Waals surface area contributed by atoms with Crippen molar-refractivity contribution < 1.29 is 4.79 Å². The maximum absolute atomic E-state index is 13.3. The highest BCUT2D eigenvalue weighted by Gasteiger charge is 2.29. The van der Waals surface area contributed by atoms with E-state index in [0.29, 0.717) is 21.9 Å². The number of nitrogens with zero attached hydrogens (tertiary/aromatic N) is 4. The zero-order chi connectivity index (χ0) is 22.4. The van der Waals surface area contributed by atoms with Crippen molar-refractivity contribution in [2.75, 3.05) is 11.1 Å². The fraction of sp³-hybridized carbons (Fsp3) is 0.250. The Morgan fingerprint density at radius 2 is 1.88 bits per heavy atom. The summed E-state index contributed by atoms with van der Waals surface area (Å²) in [7, 11) is 0. The van der Waals surface area contributed by atoms with Gasteiger partial charge in [-0.05, 0) is 50.1 Å².